The van der Waals surface area contributed by atoms with E-state index in [1.165, 1.54) is 5.56 Å². The van der Waals surface area contributed by atoms with Crippen molar-refractivity contribution in [3.63, 3.8) is 0 Å². The van der Waals surface area contributed by atoms with Gasteiger partial charge in [-0.25, -0.2) is 0 Å². The van der Waals surface area contributed by atoms with Gasteiger partial charge < -0.3 is 0 Å². The number of halogens is 2. The predicted molar refractivity (Wildman–Crippen MR) is 93.2 cm³/mol. The molecule has 0 heterocycles. The van der Waals surface area contributed by atoms with Gasteiger partial charge in [0.25, 0.3) is 0 Å². The van der Waals surface area contributed by atoms with Crippen LogP contribution < -0.4 is 5.32 Å². The fourth-order valence-corrected chi connectivity index (χ4v) is 16.0. The van der Waals surface area contributed by atoms with Crippen molar-refractivity contribution in [2.45, 2.75) is 21.7 Å². The molecule has 0 aliphatic heterocycles. The summed E-state index contributed by atoms with van der Waals surface area (Å²) >= 11 is -0.969. The van der Waals surface area contributed by atoms with Crippen LogP contribution in [0.2, 0.25) is 8.87 Å². The Hall–Kier alpha value is 0.909. The maximum absolute atomic E-state index is 6.69. The first kappa shape index (κ1) is 18.0. The standard InChI is InChI=1S/C10H14N.C4H9S.2ClH.Sn/c1-9(8-11-2)10-6-4-3-5-7-10;1-3-5-4-2;;;/h3-7,9,11H,1,8H2,2H3;1,3-4H2,2H3;2*1H;/q;;;;+2/p-2. The van der Waals surface area contributed by atoms with Gasteiger partial charge in [0.1, 0.15) is 0 Å². The molecule has 0 fully saturated rings. The summed E-state index contributed by atoms with van der Waals surface area (Å²) in [5, 5.41) is 3.27. The minimum atomic E-state index is -2.91. The van der Waals surface area contributed by atoms with E-state index in [-0.39, 0.29) is 0 Å². The molecule has 0 saturated heterocycles. The minimum absolute atomic E-state index is 0.448. The maximum atomic E-state index is 6.69. The molecule has 0 bridgehead atoms. The van der Waals surface area contributed by atoms with Crippen molar-refractivity contribution in [3.05, 3.63) is 35.9 Å². The van der Waals surface area contributed by atoms with Crippen molar-refractivity contribution in [1.82, 2.24) is 5.32 Å². The van der Waals surface area contributed by atoms with E-state index in [9.17, 15) is 0 Å². The molecule has 19 heavy (non-hydrogen) atoms. The molecule has 1 unspecified atom stereocenters. The van der Waals surface area contributed by atoms with Gasteiger partial charge in [0, 0.05) is 0 Å². The molecule has 108 valence electrons. The van der Waals surface area contributed by atoms with Gasteiger partial charge in [-0.05, 0) is 0 Å². The number of likely N-dealkylation sites (N-methyl/N-ethyl adjacent to an activating group) is 1. The molecule has 1 N–H and O–H groups in total. The molecule has 1 nitrogen and oxygen atoms in total. The number of thioether (sulfide) groups is 1. The van der Waals surface area contributed by atoms with Crippen LogP contribution in [0.1, 0.15) is 18.4 Å². The quantitative estimate of drug-likeness (QED) is 0.455. The van der Waals surface area contributed by atoms with Gasteiger partial charge >= 0.3 is 134 Å². The van der Waals surface area contributed by atoms with E-state index in [1.807, 2.05) is 18.8 Å². The molecule has 1 rings (SSSR count). The summed E-state index contributed by atoms with van der Waals surface area (Å²) in [6.45, 7) is 3.13. The first-order valence-electron chi connectivity index (χ1n) is 6.74. The summed E-state index contributed by atoms with van der Waals surface area (Å²) in [5.74, 6) is 2.71. The molecule has 0 aromatic heterocycles. The molecule has 1 aromatic rings. The number of benzene rings is 1. The molecule has 0 spiro atoms. The molecule has 1 atom stereocenters. The van der Waals surface area contributed by atoms with E-state index in [0.29, 0.717) is 5.92 Å². The Balaban J connectivity index is 2.62. The van der Waals surface area contributed by atoms with Crippen LogP contribution in [-0.4, -0.2) is 41.2 Å². The summed E-state index contributed by atoms with van der Waals surface area (Å²) in [7, 11) is 15.4. The average molecular weight is 427 g/mol. The third-order valence-corrected chi connectivity index (χ3v) is 15.5. The normalized spacial score (nSPS) is 13.5. The molecule has 0 amide bonds. The second-order valence-electron chi connectivity index (χ2n) is 4.67. The fraction of sp³-hybridized carbons (Fsp3) is 0.571. The van der Waals surface area contributed by atoms with Gasteiger partial charge in [-0.15, -0.1) is 0 Å². The van der Waals surface area contributed by atoms with Crippen LogP contribution >= 0.6 is 29.6 Å². The van der Waals surface area contributed by atoms with Crippen LogP contribution in [0, 0.1) is 0 Å². The van der Waals surface area contributed by atoms with E-state index in [4.69, 9.17) is 17.8 Å². The fourth-order valence-electron chi connectivity index (χ4n) is 2.11. The topological polar surface area (TPSA) is 12.0 Å². The summed E-state index contributed by atoms with van der Waals surface area (Å²) in [6, 6.07) is 10.6. The Labute approximate surface area is 133 Å². The van der Waals surface area contributed by atoms with E-state index in [1.54, 1.807) is 0 Å². The van der Waals surface area contributed by atoms with Gasteiger partial charge in [-0.1, -0.05) is 0 Å². The van der Waals surface area contributed by atoms with Crippen molar-refractivity contribution in [1.29, 1.82) is 0 Å². The molecule has 0 radical (unpaired) electrons. The number of nitrogens with one attached hydrogen (secondary N) is 1. The predicted octanol–water partition coefficient (Wildman–Crippen LogP) is 4.66. The Morgan fingerprint density at radius 3 is 2.53 bits per heavy atom. The third kappa shape index (κ3) is 7.47. The van der Waals surface area contributed by atoms with Crippen LogP contribution in [-0.2, 0) is 0 Å². The number of rotatable bonds is 9. The van der Waals surface area contributed by atoms with Crippen LogP contribution in [0.15, 0.2) is 30.3 Å². The monoisotopic (exact) mass is 427 g/mol. The molecule has 5 heteroatoms. The Morgan fingerprint density at radius 1 is 1.26 bits per heavy atom. The Morgan fingerprint density at radius 2 is 1.95 bits per heavy atom. The van der Waals surface area contributed by atoms with Crippen LogP contribution in [0.25, 0.3) is 0 Å². The van der Waals surface area contributed by atoms with Crippen LogP contribution in [0.3, 0.4) is 0 Å². The molecule has 0 saturated carbocycles. The first-order valence-corrected chi connectivity index (χ1v) is 19.2. The van der Waals surface area contributed by atoms with Crippen molar-refractivity contribution in [2.24, 2.45) is 0 Å². The SMILES string of the molecule is CCSC[CH2][Sn]([Cl])([Cl])[CH2]C(CNC)c1ccccc1. The van der Waals surface area contributed by atoms with E-state index < -0.39 is 16.1 Å². The zero-order chi connectivity index (χ0) is 14.1. The zero-order valence-electron chi connectivity index (χ0n) is 11.7. The average Bonchev–Trinajstić information content (AvgIpc) is 2.39. The van der Waals surface area contributed by atoms with Crippen molar-refractivity contribution in [3.8, 4) is 0 Å². The second-order valence-corrected chi connectivity index (χ2v) is 24.5. The summed E-state index contributed by atoms with van der Waals surface area (Å²) in [6.07, 6.45) is 0. The van der Waals surface area contributed by atoms with Gasteiger partial charge in [0.05, 0.1) is 0 Å². The molecule has 1 aromatic carbocycles. The molecule has 0 aliphatic rings. The van der Waals surface area contributed by atoms with E-state index in [2.05, 4.69) is 42.6 Å². The second kappa shape index (κ2) is 9.77. The van der Waals surface area contributed by atoms with E-state index in [0.717, 1.165) is 26.9 Å². The van der Waals surface area contributed by atoms with Gasteiger partial charge in [-0.3, -0.25) is 0 Å². The van der Waals surface area contributed by atoms with Gasteiger partial charge in [0.15, 0.2) is 0 Å². The zero-order valence-corrected chi connectivity index (χ0v) is 16.8. The summed E-state index contributed by atoms with van der Waals surface area (Å²) < 4.78 is 2.04. The van der Waals surface area contributed by atoms with Crippen LogP contribution in [0.5, 0.6) is 0 Å². The number of hydrogen-bond acceptors (Lipinski definition) is 2. The summed E-state index contributed by atoms with van der Waals surface area (Å²) in [4.78, 5) is 0. The van der Waals surface area contributed by atoms with Gasteiger partial charge in [0.2, 0.25) is 0 Å². The Kier molecular flexibility index (Phi) is 9.24. The molecule has 0 aliphatic carbocycles. The van der Waals surface area contributed by atoms with E-state index >= 15 is 0 Å². The van der Waals surface area contributed by atoms with Crippen LogP contribution in [0.4, 0.5) is 0 Å². The van der Waals surface area contributed by atoms with Crippen molar-refractivity contribution < 1.29 is 0 Å². The number of hydrogen-bond donors (Lipinski definition) is 1. The Bertz CT molecular complexity index is 349. The molecular weight excluding hydrogens is 404 g/mol. The van der Waals surface area contributed by atoms with Crippen molar-refractivity contribution in [2.75, 3.05) is 25.1 Å². The molecular formula is C14H23Cl2NSSn. The first-order chi connectivity index (χ1) is 9.09. The summed E-state index contributed by atoms with van der Waals surface area (Å²) in [5.41, 5.74) is 1.35. The third-order valence-electron chi connectivity index (χ3n) is 3.08. The van der Waals surface area contributed by atoms with Crippen molar-refractivity contribution >= 4 is 45.7 Å². The van der Waals surface area contributed by atoms with Gasteiger partial charge in [-0.2, -0.15) is 0 Å².